The molecule has 1 saturated heterocycles. The van der Waals surface area contributed by atoms with E-state index in [2.05, 4.69) is 27.7 Å². The molecular formula is C18H27N3O3. The minimum atomic E-state index is -0.485. The fourth-order valence-corrected chi connectivity index (χ4v) is 3.42. The molecule has 132 valence electrons. The molecule has 0 saturated carbocycles. The molecule has 24 heavy (non-hydrogen) atoms. The van der Waals surface area contributed by atoms with E-state index in [0.29, 0.717) is 25.8 Å². The summed E-state index contributed by atoms with van der Waals surface area (Å²) in [7, 11) is 0. The molecule has 0 spiro atoms. The maximum absolute atomic E-state index is 10.3. The predicted octanol–water partition coefficient (Wildman–Crippen LogP) is 2.14. The Bertz CT molecular complexity index is 623. The molecule has 2 unspecified atom stereocenters. The summed E-state index contributed by atoms with van der Waals surface area (Å²) in [5.74, 6) is 0.783. The van der Waals surface area contributed by atoms with E-state index in [0.717, 1.165) is 31.0 Å². The van der Waals surface area contributed by atoms with Gasteiger partial charge in [0, 0.05) is 18.3 Å². The zero-order valence-electron chi connectivity index (χ0n) is 14.5. The summed E-state index contributed by atoms with van der Waals surface area (Å²) in [6.45, 7) is 7.40. The second kappa shape index (κ2) is 7.96. The lowest BCUT2D eigenvalue weighted by molar-refractivity contribution is 0.00210. The lowest BCUT2D eigenvalue weighted by Gasteiger charge is -2.27. The highest BCUT2D eigenvalue weighted by molar-refractivity contribution is 5.07. The molecule has 6 heteroatoms. The average molecular weight is 333 g/mol. The number of aliphatic hydroxyl groups is 1. The Labute approximate surface area is 143 Å². The molecule has 6 nitrogen and oxygen atoms in total. The molecule has 0 radical (unpaired) electrons. The number of hydrogen-bond acceptors (Lipinski definition) is 5. The van der Waals surface area contributed by atoms with Gasteiger partial charge in [0.1, 0.15) is 12.4 Å². The number of likely N-dealkylation sites (tertiary alicyclic amines) is 1. The van der Waals surface area contributed by atoms with E-state index >= 15 is 0 Å². The van der Waals surface area contributed by atoms with Gasteiger partial charge in [0.2, 0.25) is 0 Å². The van der Waals surface area contributed by atoms with Crippen LogP contribution >= 0.6 is 0 Å². The number of aromatic nitrogens is 2. The molecule has 3 rings (SSSR count). The highest BCUT2D eigenvalue weighted by atomic mass is 16.5. The quantitative estimate of drug-likeness (QED) is 0.802. The Morgan fingerprint density at radius 1 is 1.46 bits per heavy atom. The molecule has 3 heterocycles. The summed E-state index contributed by atoms with van der Waals surface area (Å²) in [5.41, 5.74) is 2.25. The van der Waals surface area contributed by atoms with Gasteiger partial charge in [-0.25, -0.2) is 0 Å². The van der Waals surface area contributed by atoms with Crippen LogP contribution in [0.4, 0.5) is 0 Å². The molecule has 0 aromatic carbocycles. The number of aryl methyl sites for hydroxylation is 2. The van der Waals surface area contributed by atoms with Crippen LogP contribution in [0.15, 0.2) is 28.9 Å². The van der Waals surface area contributed by atoms with E-state index < -0.39 is 6.10 Å². The predicted molar refractivity (Wildman–Crippen MR) is 90.7 cm³/mol. The van der Waals surface area contributed by atoms with Crippen LogP contribution in [0.2, 0.25) is 0 Å². The minimum Gasteiger partial charge on any atom is -0.467 e. The highest BCUT2D eigenvalue weighted by Gasteiger charge is 2.27. The molecule has 1 aliphatic rings. The lowest BCUT2D eigenvalue weighted by atomic mass is 10.2. The maximum atomic E-state index is 10.3. The van der Waals surface area contributed by atoms with E-state index in [1.165, 1.54) is 12.1 Å². The van der Waals surface area contributed by atoms with E-state index in [-0.39, 0.29) is 0 Å². The highest BCUT2D eigenvalue weighted by Crippen LogP contribution is 2.20. The van der Waals surface area contributed by atoms with Crippen molar-refractivity contribution in [3.8, 4) is 0 Å². The average Bonchev–Trinajstić information content (AvgIpc) is 3.24. The van der Waals surface area contributed by atoms with Crippen LogP contribution in [-0.4, -0.2) is 51.6 Å². The second-order valence-electron chi connectivity index (χ2n) is 6.65. The van der Waals surface area contributed by atoms with Crippen molar-refractivity contribution < 1.29 is 14.3 Å². The number of aliphatic hydroxyl groups excluding tert-OH is 1. The molecule has 1 fully saturated rings. The molecule has 2 aromatic heterocycles. The summed E-state index contributed by atoms with van der Waals surface area (Å²) in [4.78, 5) is 2.36. The van der Waals surface area contributed by atoms with E-state index in [1.807, 2.05) is 19.1 Å². The molecule has 1 aliphatic heterocycles. The van der Waals surface area contributed by atoms with Gasteiger partial charge >= 0.3 is 0 Å². The maximum Gasteiger partial charge on any atom is 0.129 e. The number of ether oxygens (including phenoxy) is 1. The van der Waals surface area contributed by atoms with Gasteiger partial charge in [0.05, 0.1) is 31.2 Å². The molecule has 1 N–H and O–H groups in total. The number of furan rings is 1. The van der Waals surface area contributed by atoms with Gasteiger partial charge in [-0.2, -0.15) is 5.10 Å². The lowest BCUT2D eigenvalue weighted by Crippen LogP contribution is -2.40. The third kappa shape index (κ3) is 4.47. The monoisotopic (exact) mass is 333 g/mol. The van der Waals surface area contributed by atoms with Crippen LogP contribution in [0.25, 0.3) is 0 Å². The van der Waals surface area contributed by atoms with Crippen molar-refractivity contribution in [2.24, 2.45) is 0 Å². The Balaban J connectivity index is 1.45. The van der Waals surface area contributed by atoms with Crippen LogP contribution in [0, 0.1) is 13.8 Å². The summed E-state index contributed by atoms with van der Waals surface area (Å²) in [6, 6.07) is 6.25. The van der Waals surface area contributed by atoms with Crippen LogP contribution < -0.4 is 0 Å². The summed E-state index contributed by atoms with van der Waals surface area (Å²) >= 11 is 0. The Hall–Kier alpha value is -1.63. The number of nitrogens with zero attached hydrogens (tertiary/aromatic N) is 3. The van der Waals surface area contributed by atoms with Gasteiger partial charge in [-0.3, -0.25) is 9.58 Å². The smallest absolute Gasteiger partial charge is 0.129 e. The first kappa shape index (κ1) is 17.2. The third-order valence-electron chi connectivity index (χ3n) is 4.57. The minimum absolute atomic E-state index is 0.323. The Morgan fingerprint density at radius 2 is 2.33 bits per heavy atom. The second-order valence-corrected chi connectivity index (χ2v) is 6.65. The topological polar surface area (TPSA) is 63.7 Å². The van der Waals surface area contributed by atoms with Gasteiger partial charge in [-0.15, -0.1) is 0 Å². The van der Waals surface area contributed by atoms with Gasteiger partial charge in [-0.05, 0) is 51.4 Å². The normalized spacial score (nSPS) is 19.9. The first-order chi connectivity index (χ1) is 11.6. The van der Waals surface area contributed by atoms with E-state index in [1.54, 1.807) is 6.26 Å². The SMILES string of the molecule is Cc1cc(C)n(CC2CCCN2CC(O)COCc2ccco2)n1. The van der Waals surface area contributed by atoms with Gasteiger partial charge < -0.3 is 14.3 Å². The number of rotatable bonds is 8. The molecular weight excluding hydrogens is 306 g/mol. The molecule has 2 aromatic rings. The molecule has 2 atom stereocenters. The fraction of sp³-hybridized carbons (Fsp3) is 0.611. The van der Waals surface area contributed by atoms with Crippen molar-refractivity contribution in [3.63, 3.8) is 0 Å². The first-order valence-electron chi connectivity index (χ1n) is 8.65. The van der Waals surface area contributed by atoms with Crippen molar-refractivity contribution in [2.75, 3.05) is 19.7 Å². The summed E-state index contributed by atoms with van der Waals surface area (Å²) in [5, 5.41) is 14.8. The molecule has 0 amide bonds. The van der Waals surface area contributed by atoms with Gasteiger partial charge in [0.15, 0.2) is 0 Å². The van der Waals surface area contributed by atoms with E-state index in [4.69, 9.17) is 9.15 Å². The fourth-order valence-electron chi connectivity index (χ4n) is 3.42. The van der Waals surface area contributed by atoms with Crippen LogP contribution in [0.3, 0.4) is 0 Å². The Kier molecular flexibility index (Phi) is 5.71. The Morgan fingerprint density at radius 3 is 3.04 bits per heavy atom. The van der Waals surface area contributed by atoms with Crippen molar-refractivity contribution >= 4 is 0 Å². The van der Waals surface area contributed by atoms with E-state index in [9.17, 15) is 5.11 Å². The van der Waals surface area contributed by atoms with Crippen molar-refractivity contribution in [2.45, 2.75) is 52.0 Å². The van der Waals surface area contributed by atoms with Crippen molar-refractivity contribution in [1.82, 2.24) is 14.7 Å². The number of β-amino-alcohol motifs (C(OH)–C–C–N with tert-alkyl or cyclic N) is 1. The molecule has 0 bridgehead atoms. The summed E-state index contributed by atoms with van der Waals surface area (Å²) < 4.78 is 12.8. The molecule has 0 aliphatic carbocycles. The largest absolute Gasteiger partial charge is 0.467 e. The standard InChI is InChI=1S/C18H27N3O3/c1-14-9-15(2)21(19-14)10-16-5-3-7-20(16)11-17(22)12-23-13-18-6-4-8-24-18/h4,6,8-9,16-17,22H,3,5,7,10-13H2,1-2H3. The third-order valence-corrected chi connectivity index (χ3v) is 4.57. The summed E-state index contributed by atoms with van der Waals surface area (Å²) in [6.07, 6.45) is 3.46. The van der Waals surface area contributed by atoms with Gasteiger partial charge in [0.25, 0.3) is 0 Å². The number of hydrogen-bond donors (Lipinski definition) is 1. The van der Waals surface area contributed by atoms with Gasteiger partial charge in [-0.1, -0.05) is 0 Å². The van der Waals surface area contributed by atoms with Crippen LogP contribution in [0.1, 0.15) is 30.0 Å². The van der Waals surface area contributed by atoms with Crippen molar-refractivity contribution in [3.05, 3.63) is 41.6 Å². The zero-order chi connectivity index (χ0) is 16.9. The first-order valence-corrected chi connectivity index (χ1v) is 8.65. The van der Waals surface area contributed by atoms with Crippen LogP contribution in [0.5, 0.6) is 0 Å². The van der Waals surface area contributed by atoms with Crippen molar-refractivity contribution in [1.29, 1.82) is 0 Å². The zero-order valence-corrected chi connectivity index (χ0v) is 14.5. The van der Waals surface area contributed by atoms with Crippen LogP contribution in [-0.2, 0) is 17.9 Å².